The second-order valence-corrected chi connectivity index (χ2v) is 16.9. The van der Waals surface area contributed by atoms with Gasteiger partial charge in [0.05, 0.1) is 20.8 Å². The van der Waals surface area contributed by atoms with E-state index in [1.807, 2.05) is 55.5 Å². The first kappa shape index (κ1) is 30.4. The van der Waals surface area contributed by atoms with Crippen LogP contribution in [0, 0.1) is 0 Å². The Morgan fingerprint density at radius 3 is 2.22 bits per heavy atom. The van der Waals surface area contributed by atoms with E-state index in [0.29, 0.717) is 24.5 Å². The van der Waals surface area contributed by atoms with Crippen molar-refractivity contribution in [3.63, 3.8) is 0 Å². The van der Waals surface area contributed by atoms with Crippen LogP contribution in [0.5, 0.6) is 23.0 Å². The fourth-order valence-electron chi connectivity index (χ4n) is 4.97. The van der Waals surface area contributed by atoms with Crippen molar-refractivity contribution < 1.29 is 33.6 Å². The zero-order valence-corrected chi connectivity index (χ0v) is 25.9. The highest BCUT2D eigenvalue weighted by molar-refractivity contribution is 6.76. The van der Waals surface area contributed by atoms with E-state index in [0.717, 1.165) is 29.2 Å². The summed E-state index contributed by atoms with van der Waals surface area (Å²) >= 11 is 0. The molecule has 0 spiro atoms. The minimum Gasteiger partial charge on any atom is -0.502 e. The number of benzene rings is 3. The van der Waals surface area contributed by atoms with Gasteiger partial charge in [-0.05, 0) is 48.4 Å². The van der Waals surface area contributed by atoms with E-state index in [1.165, 1.54) is 14.2 Å². The third kappa shape index (κ3) is 6.53. The number of fused-ring (bicyclic) bond motifs is 1. The van der Waals surface area contributed by atoms with Crippen LogP contribution in [0.15, 0.2) is 60.7 Å². The van der Waals surface area contributed by atoms with Crippen LogP contribution in [0.25, 0.3) is 0 Å². The summed E-state index contributed by atoms with van der Waals surface area (Å²) in [6.07, 6.45) is 0.752. The lowest BCUT2D eigenvalue weighted by atomic mass is 9.93. The molecule has 9 heteroatoms. The zero-order valence-electron chi connectivity index (χ0n) is 24.9. The fraction of sp³-hybridized carbons (Fsp3) is 0.406. The molecule has 0 bridgehead atoms. The maximum atomic E-state index is 13.7. The Kier molecular flexibility index (Phi) is 9.63. The maximum absolute atomic E-state index is 13.7. The molecular formula is C32H41NO7Si. The van der Waals surface area contributed by atoms with Crippen LogP contribution in [0.1, 0.15) is 40.4 Å². The number of carbonyl (C=O) groups excluding carboxylic acids is 1. The van der Waals surface area contributed by atoms with Gasteiger partial charge in [0, 0.05) is 37.9 Å². The summed E-state index contributed by atoms with van der Waals surface area (Å²) in [5.41, 5.74) is 1.74. The molecule has 0 fully saturated rings. The van der Waals surface area contributed by atoms with Crippen LogP contribution >= 0.6 is 0 Å². The predicted molar refractivity (Wildman–Crippen MR) is 161 cm³/mol. The number of amides is 1. The minimum atomic E-state index is -1.17. The largest absolute Gasteiger partial charge is 0.502 e. The minimum absolute atomic E-state index is 0.0810. The molecule has 3 aromatic rings. The van der Waals surface area contributed by atoms with Gasteiger partial charge in [-0.15, -0.1) is 0 Å². The van der Waals surface area contributed by atoms with Crippen molar-refractivity contribution in [3.05, 3.63) is 82.9 Å². The number of phenolic OH excluding ortho intramolecular Hbond substituents is 1. The molecular weight excluding hydrogens is 538 g/mol. The van der Waals surface area contributed by atoms with Gasteiger partial charge in [0.1, 0.15) is 5.75 Å². The zero-order chi connectivity index (χ0) is 29.6. The number of methoxy groups -OCH3 is 2. The van der Waals surface area contributed by atoms with Gasteiger partial charge in [0.15, 0.2) is 24.0 Å². The van der Waals surface area contributed by atoms with Crippen molar-refractivity contribution in [1.29, 1.82) is 0 Å². The molecule has 3 aromatic carbocycles. The lowest BCUT2D eigenvalue weighted by Gasteiger charge is -2.39. The van der Waals surface area contributed by atoms with Gasteiger partial charge in [-0.2, -0.15) is 0 Å². The van der Waals surface area contributed by atoms with E-state index < -0.39 is 13.8 Å². The van der Waals surface area contributed by atoms with Crippen LogP contribution in [0.2, 0.25) is 25.7 Å². The number of rotatable bonds is 14. The summed E-state index contributed by atoms with van der Waals surface area (Å²) in [5, 5.41) is 10.4. The number of phenols is 1. The highest BCUT2D eigenvalue weighted by Gasteiger charge is 2.51. The quantitative estimate of drug-likeness (QED) is 0.135. The molecule has 41 heavy (non-hydrogen) atoms. The van der Waals surface area contributed by atoms with Crippen molar-refractivity contribution in [2.24, 2.45) is 0 Å². The van der Waals surface area contributed by atoms with Crippen molar-refractivity contribution in [2.75, 3.05) is 34.2 Å². The summed E-state index contributed by atoms with van der Waals surface area (Å²) < 4.78 is 29.0. The van der Waals surface area contributed by atoms with Crippen molar-refractivity contribution in [3.8, 4) is 23.0 Å². The molecule has 1 N–H and O–H groups in total. The third-order valence-corrected chi connectivity index (χ3v) is 8.84. The normalized spacial score (nSPS) is 16.5. The Balaban J connectivity index is 1.67. The molecule has 0 radical (unpaired) electrons. The second-order valence-electron chi connectivity index (χ2n) is 11.3. The van der Waals surface area contributed by atoms with E-state index in [4.69, 9.17) is 23.7 Å². The van der Waals surface area contributed by atoms with E-state index in [-0.39, 0.29) is 36.6 Å². The third-order valence-electron chi connectivity index (χ3n) is 7.13. The molecule has 0 saturated heterocycles. The Morgan fingerprint density at radius 1 is 0.951 bits per heavy atom. The van der Waals surface area contributed by atoms with Gasteiger partial charge in [-0.1, -0.05) is 56.9 Å². The average Bonchev–Trinajstić information content (AvgIpc) is 3.20. The molecule has 0 aliphatic carbocycles. The number of hydrogen-bond acceptors (Lipinski definition) is 7. The maximum Gasteiger partial charge on any atom is 0.257 e. The van der Waals surface area contributed by atoms with Crippen molar-refractivity contribution >= 4 is 14.0 Å². The van der Waals surface area contributed by atoms with Crippen molar-refractivity contribution in [2.45, 2.75) is 51.4 Å². The molecule has 220 valence electrons. The smallest absolute Gasteiger partial charge is 0.257 e. The van der Waals surface area contributed by atoms with E-state index in [9.17, 15) is 9.90 Å². The average molecular weight is 580 g/mol. The molecule has 1 aliphatic rings. The first-order valence-electron chi connectivity index (χ1n) is 13.9. The number of aromatic hydroxyl groups is 1. The Morgan fingerprint density at radius 2 is 1.61 bits per heavy atom. The van der Waals surface area contributed by atoms with Crippen LogP contribution in [0.4, 0.5) is 0 Å². The first-order chi connectivity index (χ1) is 19.6. The van der Waals surface area contributed by atoms with Gasteiger partial charge in [-0.3, -0.25) is 4.79 Å². The molecule has 0 aromatic heterocycles. The molecule has 8 nitrogen and oxygen atoms in total. The number of ether oxygens (including phenoxy) is 5. The van der Waals surface area contributed by atoms with Gasteiger partial charge >= 0.3 is 0 Å². The second kappa shape index (κ2) is 13.0. The summed E-state index contributed by atoms with van der Waals surface area (Å²) in [6.45, 7) is 10.5. The lowest BCUT2D eigenvalue weighted by Crippen LogP contribution is -2.47. The van der Waals surface area contributed by atoms with Crippen LogP contribution in [0.3, 0.4) is 0 Å². The van der Waals surface area contributed by atoms with E-state index >= 15 is 0 Å². The Bertz CT molecular complexity index is 1310. The molecule has 1 unspecified atom stereocenters. The Labute approximate surface area is 243 Å². The van der Waals surface area contributed by atoms with E-state index in [2.05, 4.69) is 19.6 Å². The fourth-order valence-corrected chi connectivity index (χ4v) is 5.73. The highest BCUT2D eigenvalue weighted by atomic mass is 28.3. The Hall–Kier alpha value is -3.53. The molecule has 1 amide bonds. The summed E-state index contributed by atoms with van der Waals surface area (Å²) in [4.78, 5) is 15.5. The number of hydrogen-bond donors (Lipinski definition) is 1. The van der Waals surface area contributed by atoms with E-state index in [1.54, 1.807) is 17.0 Å². The topological polar surface area (TPSA) is 86.7 Å². The van der Waals surface area contributed by atoms with Gasteiger partial charge in [0.2, 0.25) is 5.75 Å². The van der Waals surface area contributed by atoms with Gasteiger partial charge in [-0.25, -0.2) is 0 Å². The van der Waals surface area contributed by atoms with Crippen LogP contribution in [-0.4, -0.2) is 58.2 Å². The van der Waals surface area contributed by atoms with Crippen LogP contribution < -0.4 is 14.2 Å². The number of carbonyl (C=O) groups is 1. The summed E-state index contributed by atoms with van der Waals surface area (Å²) in [5.74, 6) is 1.06. The van der Waals surface area contributed by atoms with Gasteiger partial charge in [0.25, 0.3) is 5.91 Å². The van der Waals surface area contributed by atoms with Gasteiger partial charge < -0.3 is 33.7 Å². The number of nitrogens with zero attached hydrogens (tertiary/aromatic N) is 1. The molecule has 1 heterocycles. The molecule has 4 rings (SSSR count). The van der Waals surface area contributed by atoms with Crippen LogP contribution in [-0.2, 0) is 21.8 Å². The summed E-state index contributed by atoms with van der Waals surface area (Å²) in [6, 6.07) is 19.7. The monoisotopic (exact) mass is 579 g/mol. The molecule has 1 atom stereocenters. The van der Waals surface area contributed by atoms with Crippen molar-refractivity contribution in [1.82, 2.24) is 4.90 Å². The first-order valence-corrected chi connectivity index (χ1v) is 17.7. The SMILES string of the molecule is CCCN1C(=O)c2ccccc2C1(OCc1cc(OC)c(O)c(OC)c1)c1ccc(OCOCC[Si](C)(C)C)cc1. The summed E-state index contributed by atoms with van der Waals surface area (Å²) in [7, 11) is 1.80. The molecule has 0 saturated carbocycles. The highest BCUT2D eigenvalue weighted by Crippen LogP contribution is 2.47. The lowest BCUT2D eigenvalue weighted by molar-refractivity contribution is -0.117. The molecule has 1 aliphatic heterocycles. The predicted octanol–water partition coefficient (Wildman–Crippen LogP) is 6.38. The standard InChI is InChI=1S/C32H41NO7Si/c1-7-16-33-31(35)26-10-8-9-11-27(26)32(33,40-21-23-19-28(36-2)30(34)29(20-23)37-3)24-12-14-25(15-13-24)39-22-38-17-18-41(4,5)6/h8-15,19-20,34H,7,16-18,21-22H2,1-6H3.